The van der Waals surface area contributed by atoms with Gasteiger partial charge in [0.15, 0.2) is 11.5 Å². The minimum Gasteiger partial charge on any atom is -0.476 e. The van der Waals surface area contributed by atoms with Gasteiger partial charge in [-0.3, -0.25) is 4.57 Å². The lowest BCUT2D eigenvalue weighted by Crippen LogP contribution is -1.99. The van der Waals surface area contributed by atoms with Crippen molar-refractivity contribution < 1.29 is 9.90 Å². The molecule has 90 valence electrons. The van der Waals surface area contributed by atoms with E-state index in [0.717, 1.165) is 11.2 Å². The van der Waals surface area contributed by atoms with E-state index in [1.54, 1.807) is 21.5 Å². The molecule has 3 aromatic heterocycles. The van der Waals surface area contributed by atoms with Crippen LogP contribution in [0, 0.1) is 6.92 Å². The normalized spacial score (nSPS) is 10.9. The standard InChI is InChI=1S/C11H9N5O2/c1-7-4-9-10(12-2-3-16(9)14-7)15-5-8(11(17)18)13-6-15/h2-6H,1H3,(H,17,18). The zero-order valence-corrected chi connectivity index (χ0v) is 9.48. The summed E-state index contributed by atoms with van der Waals surface area (Å²) in [4.78, 5) is 18.8. The SMILES string of the molecule is Cc1cc2c(-n3cnc(C(=O)O)c3)nccn2n1. The summed E-state index contributed by atoms with van der Waals surface area (Å²) in [6, 6.07) is 1.88. The Balaban J connectivity index is 2.21. The Labute approximate surface area is 101 Å². The first-order valence-electron chi connectivity index (χ1n) is 5.24. The number of aromatic nitrogens is 5. The predicted octanol–water partition coefficient (Wildman–Crippen LogP) is 0.922. The topological polar surface area (TPSA) is 85.3 Å². The lowest BCUT2D eigenvalue weighted by molar-refractivity contribution is 0.0691. The Bertz CT molecular complexity index is 743. The summed E-state index contributed by atoms with van der Waals surface area (Å²) in [7, 11) is 0. The average Bonchev–Trinajstić information content (AvgIpc) is 2.92. The first kappa shape index (κ1) is 10.5. The highest BCUT2D eigenvalue weighted by Crippen LogP contribution is 2.14. The highest BCUT2D eigenvalue weighted by Gasteiger charge is 2.11. The van der Waals surface area contributed by atoms with Gasteiger partial charge in [0.2, 0.25) is 0 Å². The minimum absolute atomic E-state index is 0.0185. The van der Waals surface area contributed by atoms with Crippen LogP contribution in [-0.2, 0) is 0 Å². The van der Waals surface area contributed by atoms with Gasteiger partial charge in [-0.2, -0.15) is 5.10 Å². The van der Waals surface area contributed by atoms with Gasteiger partial charge >= 0.3 is 5.97 Å². The number of carbonyl (C=O) groups is 1. The molecule has 0 saturated carbocycles. The molecular weight excluding hydrogens is 234 g/mol. The fraction of sp³-hybridized carbons (Fsp3) is 0.0909. The zero-order valence-electron chi connectivity index (χ0n) is 9.48. The van der Waals surface area contributed by atoms with Crippen LogP contribution in [0.1, 0.15) is 16.2 Å². The molecule has 0 fully saturated rings. The molecule has 0 spiro atoms. The summed E-state index contributed by atoms with van der Waals surface area (Å²) < 4.78 is 3.26. The number of imidazole rings is 1. The summed E-state index contributed by atoms with van der Waals surface area (Å²) in [6.07, 6.45) is 6.19. The van der Waals surface area contributed by atoms with Crippen LogP contribution >= 0.6 is 0 Å². The number of carboxylic acids is 1. The maximum atomic E-state index is 10.8. The first-order valence-corrected chi connectivity index (χ1v) is 5.24. The largest absolute Gasteiger partial charge is 0.476 e. The molecule has 0 aliphatic carbocycles. The van der Waals surface area contributed by atoms with E-state index in [9.17, 15) is 4.79 Å². The molecule has 0 radical (unpaired) electrons. The maximum absolute atomic E-state index is 10.8. The first-order chi connectivity index (χ1) is 8.65. The third-order valence-electron chi connectivity index (χ3n) is 2.54. The van der Waals surface area contributed by atoms with Crippen molar-refractivity contribution in [1.82, 2.24) is 24.1 Å². The lowest BCUT2D eigenvalue weighted by atomic mass is 10.4. The third-order valence-corrected chi connectivity index (χ3v) is 2.54. The molecule has 0 bridgehead atoms. The number of nitrogens with zero attached hydrogens (tertiary/aromatic N) is 5. The zero-order chi connectivity index (χ0) is 12.7. The molecule has 3 rings (SSSR count). The third kappa shape index (κ3) is 1.53. The molecule has 0 saturated heterocycles. The molecule has 7 heteroatoms. The number of rotatable bonds is 2. The Morgan fingerprint density at radius 3 is 2.94 bits per heavy atom. The van der Waals surface area contributed by atoms with Crippen LogP contribution < -0.4 is 0 Å². The second-order valence-corrected chi connectivity index (χ2v) is 3.84. The van der Waals surface area contributed by atoms with Crippen molar-refractivity contribution in [3.8, 4) is 5.82 Å². The van der Waals surface area contributed by atoms with Crippen LogP contribution in [-0.4, -0.2) is 35.2 Å². The van der Waals surface area contributed by atoms with Crippen LogP contribution in [0.5, 0.6) is 0 Å². The van der Waals surface area contributed by atoms with E-state index in [1.807, 2.05) is 13.0 Å². The quantitative estimate of drug-likeness (QED) is 0.723. The van der Waals surface area contributed by atoms with E-state index in [2.05, 4.69) is 15.1 Å². The van der Waals surface area contributed by atoms with Gasteiger partial charge in [-0.1, -0.05) is 0 Å². The number of aromatic carboxylic acids is 1. The molecule has 0 unspecified atom stereocenters. The van der Waals surface area contributed by atoms with Crippen molar-refractivity contribution in [3.63, 3.8) is 0 Å². The van der Waals surface area contributed by atoms with Crippen molar-refractivity contribution in [3.05, 3.63) is 42.4 Å². The molecule has 3 heterocycles. The van der Waals surface area contributed by atoms with Crippen molar-refractivity contribution in [1.29, 1.82) is 0 Å². The molecule has 0 atom stereocenters. The number of aryl methyl sites for hydroxylation is 1. The molecule has 3 aromatic rings. The highest BCUT2D eigenvalue weighted by molar-refractivity contribution is 5.85. The van der Waals surface area contributed by atoms with Crippen molar-refractivity contribution in [2.45, 2.75) is 6.92 Å². The molecule has 0 amide bonds. The van der Waals surface area contributed by atoms with E-state index < -0.39 is 5.97 Å². The molecule has 1 N–H and O–H groups in total. The lowest BCUT2D eigenvalue weighted by Gasteiger charge is -2.02. The second kappa shape index (κ2) is 3.66. The van der Waals surface area contributed by atoms with Crippen LogP contribution in [0.2, 0.25) is 0 Å². The van der Waals surface area contributed by atoms with Crippen molar-refractivity contribution >= 4 is 11.5 Å². The number of hydrogen-bond donors (Lipinski definition) is 1. The van der Waals surface area contributed by atoms with Crippen LogP contribution in [0.3, 0.4) is 0 Å². The van der Waals surface area contributed by atoms with Gasteiger partial charge in [0, 0.05) is 18.6 Å². The number of fused-ring (bicyclic) bond motifs is 1. The summed E-state index contributed by atoms with van der Waals surface area (Å²) >= 11 is 0. The van der Waals surface area contributed by atoms with Crippen molar-refractivity contribution in [2.75, 3.05) is 0 Å². The maximum Gasteiger partial charge on any atom is 0.356 e. The molecule has 0 aliphatic heterocycles. The molecular formula is C11H9N5O2. The monoisotopic (exact) mass is 243 g/mol. The van der Waals surface area contributed by atoms with Crippen LogP contribution in [0.25, 0.3) is 11.3 Å². The molecule has 18 heavy (non-hydrogen) atoms. The molecule has 0 aromatic carbocycles. The summed E-state index contributed by atoms with van der Waals surface area (Å²) in [5.74, 6) is -0.469. The van der Waals surface area contributed by atoms with Crippen LogP contribution in [0.15, 0.2) is 31.0 Å². The van der Waals surface area contributed by atoms with Gasteiger partial charge in [-0.15, -0.1) is 0 Å². The van der Waals surface area contributed by atoms with E-state index >= 15 is 0 Å². The molecule has 0 aliphatic rings. The summed E-state index contributed by atoms with van der Waals surface area (Å²) in [5.41, 5.74) is 1.64. The smallest absolute Gasteiger partial charge is 0.356 e. The van der Waals surface area contributed by atoms with E-state index in [0.29, 0.717) is 5.82 Å². The van der Waals surface area contributed by atoms with E-state index in [4.69, 9.17) is 5.11 Å². The Kier molecular flexibility index (Phi) is 2.12. The van der Waals surface area contributed by atoms with Crippen LogP contribution in [0.4, 0.5) is 0 Å². The van der Waals surface area contributed by atoms with E-state index in [1.165, 1.54) is 12.5 Å². The Morgan fingerprint density at radius 1 is 1.39 bits per heavy atom. The molecule has 7 nitrogen and oxygen atoms in total. The highest BCUT2D eigenvalue weighted by atomic mass is 16.4. The number of carboxylic acid groups (broad SMARTS) is 1. The van der Waals surface area contributed by atoms with Gasteiger partial charge in [0.1, 0.15) is 11.8 Å². The van der Waals surface area contributed by atoms with Gasteiger partial charge < -0.3 is 5.11 Å². The van der Waals surface area contributed by atoms with Gasteiger partial charge in [0.25, 0.3) is 0 Å². The summed E-state index contributed by atoms with van der Waals surface area (Å²) in [6.45, 7) is 1.88. The minimum atomic E-state index is -1.06. The van der Waals surface area contributed by atoms with Gasteiger partial charge in [-0.05, 0) is 13.0 Å². The Hall–Kier alpha value is -2.70. The van der Waals surface area contributed by atoms with Gasteiger partial charge in [-0.25, -0.2) is 19.3 Å². The average molecular weight is 243 g/mol. The second-order valence-electron chi connectivity index (χ2n) is 3.84. The van der Waals surface area contributed by atoms with Crippen molar-refractivity contribution in [2.24, 2.45) is 0 Å². The van der Waals surface area contributed by atoms with Gasteiger partial charge in [0.05, 0.1) is 5.69 Å². The Morgan fingerprint density at radius 2 is 2.22 bits per heavy atom. The predicted molar refractivity (Wildman–Crippen MR) is 61.8 cm³/mol. The number of hydrogen-bond acceptors (Lipinski definition) is 4. The fourth-order valence-corrected chi connectivity index (χ4v) is 1.78. The van der Waals surface area contributed by atoms with E-state index in [-0.39, 0.29) is 5.69 Å². The fourth-order valence-electron chi connectivity index (χ4n) is 1.78. The summed E-state index contributed by atoms with van der Waals surface area (Å²) in [5, 5.41) is 13.1.